The Hall–Kier alpha value is -3.07. The van der Waals surface area contributed by atoms with Crippen LogP contribution in [0.15, 0.2) is 49.1 Å². The van der Waals surface area contributed by atoms with E-state index in [0.29, 0.717) is 18.5 Å². The first-order valence-corrected chi connectivity index (χ1v) is 8.14. The molecular weight excluding hydrogens is 320 g/mol. The van der Waals surface area contributed by atoms with Gasteiger partial charge < -0.3 is 10.6 Å². The van der Waals surface area contributed by atoms with Gasteiger partial charge in [-0.3, -0.25) is 9.48 Å². The summed E-state index contributed by atoms with van der Waals surface area (Å²) in [7, 11) is 0. The largest absolute Gasteiger partial charge is 0.324 e. The van der Waals surface area contributed by atoms with E-state index in [-0.39, 0.29) is 5.91 Å². The minimum absolute atomic E-state index is 0.0634. The first kappa shape index (κ1) is 15.5. The van der Waals surface area contributed by atoms with E-state index < -0.39 is 5.54 Å². The molecule has 128 valence electrons. The molecule has 0 unspecified atom stereocenters. The zero-order valence-electron chi connectivity index (χ0n) is 13.5. The summed E-state index contributed by atoms with van der Waals surface area (Å²) in [5.74, 6) is -0.0634. The molecule has 2 aromatic heterocycles. The van der Waals surface area contributed by atoms with Gasteiger partial charge in [-0.25, -0.2) is 4.68 Å². The number of nitrogens with zero attached hydrogens (tertiary/aromatic N) is 6. The Morgan fingerprint density at radius 3 is 2.84 bits per heavy atom. The highest BCUT2D eigenvalue weighted by atomic mass is 16.2. The van der Waals surface area contributed by atoms with Gasteiger partial charge in [-0.05, 0) is 60.6 Å². The van der Waals surface area contributed by atoms with Crippen molar-refractivity contribution in [2.75, 3.05) is 18.4 Å². The standard InChI is InChI=1S/C16H18N8O/c25-15(16(5-8-17-9-6-16)24-10-2-7-19-24)20-13-3-1-4-14(11-13)23-12-18-21-22-23/h1-4,7,10-12,17H,5-6,8-9H2,(H,20,25). The average molecular weight is 338 g/mol. The van der Waals surface area contributed by atoms with Crippen LogP contribution < -0.4 is 10.6 Å². The molecule has 1 aliphatic rings. The number of aromatic nitrogens is 6. The number of piperidine rings is 1. The molecule has 4 rings (SSSR count). The van der Waals surface area contributed by atoms with Crippen molar-refractivity contribution >= 4 is 11.6 Å². The Morgan fingerprint density at radius 1 is 1.24 bits per heavy atom. The molecule has 1 fully saturated rings. The Morgan fingerprint density at radius 2 is 2.12 bits per heavy atom. The van der Waals surface area contributed by atoms with Crippen LogP contribution >= 0.6 is 0 Å². The summed E-state index contributed by atoms with van der Waals surface area (Å²) in [5, 5.41) is 21.8. The lowest BCUT2D eigenvalue weighted by molar-refractivity contribution is -0.126. The zero-order valence-corrected chi connectivity index (χ0v) is 13.5. The predicted molar refractivity (Wildman–Crippen MR) is 90.1 cm³/mol. The lowest BCUT2D eigenvalue weighted by Gasteiger charge is -2.36. The van der Waals surface area contributed by atoms with E-state index in [9.17, 15) is 4.79 Å². The van der Waals surface area contributed by atoms with Gasteiger partial charge in [0.15, 0.2) is 0 Å². The van der Waals surface area contributed by atoms with E-state index in [4.69, 9.17) is 0 Å². The molecule has 1 saturated heterocycles. The third kappa shape index (κ3) is 2.89. The van der Waals surface area contributed by atoms with E-state index in [1.54, 1.807) is 15.6 Å². The molecule has 0 aliphatic carbocycles. The number of anilines is 1. The van der Waals surface area contributed by atoms with Crippen LogP contribution in [-0.4, -0.2) is 49.0 Å². The second-order valence-electron chi connectivity index (χ2n) is 5.99. The lowest BCUT2D eigenvalue weighted by atomic mass is 9.87. The Bertz CT molecular complexity index is 837. The van der Waals surface area contributed by atoms with E-state index >= 15 is 0 Å². The molecule has 1 aromatic carbocycles. The van der Waals surface area contributed by atoms with Gasteiger partial charge in [-0.2, -0.15) is 5.10 Å². The second-order valence-corrected chi connectivity index (χ2v) is 5.99. The summed E-state index contributed by atoms with van der Waals surface area (Å²) in [6.45, 7) is 1.55. The van der Waals surface area contributed by atoms with E-state index in [0.717, 1.165) is 18.8 Å². The van der Waals surface area contributed by atoms with Gasteiger partial charge in [0.1, 0.15) is 11.9 Å². The van der Waals surface area contributed by atoms with Gasteiger partial charge in [0, 0.05) is 18.1 Å². The number of tetrazole rings is 1. The van der Waals surface area contributed by atoms with Crippen LogP contribution in [0.4, 0.5) is 5.69 Å². The molecule has 0 bridgehead atoms. The van der Waals surface area contributed by atoms with Crippen LogP contribution in [0.5, 0.6) is 0 Å². The molecule has 1 amide bonds. The minimum atomic E-state index is -0.681. The quantitative estimate of drug-likeness (QED) is 0.721. The van der Waals surface area contributed by atoms with E-state index in [1.807, 2.05) is 36.5 Å². The number of amides is 1. The molecule has 0 spiro atoms. The molecule has 3 heterocycles. The van der Waals surface area contributed by atoms with Gasteiger partial charge >= 0.3 is 0 Å². The summed E-state index contributed by atoms with van der Waals surface area (Å²) in [5.41, 5.74) is 0.795. The fourth-order valence-corrected chi connectivity index (χ4v) is 3.18. The molecule has 1 aliphatic heterocycles. The fraction of sp³-hybridized carbons (Fsp3) is 0.312. The summed E-state index contributed by atoms with van der Waals surface area (Å²) in [4.78, 5) is 13.1. The first-order chi connectivity index (χ1) is 12.3. The van der Waals surface area contributed by atoms with Crippen molar-refractivity contribution in [3.63, 3.8) is 0 Å². The summed E-state index contributed by atoms with van der Waals surface area (Å²) in [6, 6.07) is 9.26. The number of carbonyl (C=O) groups excluding carboxylic acids is 1. The van der Waals surface area contributed by atoms with Crippen LogP contribution in [0.25, 0.3) is 5.69 Å². The van der Waals surface area contributed by atoms with Crippen LogP contribution in [0, 0.1) is 0 Å². The van der Waals surface area contributed by atoms with Crippen LogP contribution in [0.3, 0.4) is 0 Å². The molecule has 9 nitrogen and oxygen atoms in total. The van der Waals surface area contributed by atoms with Crippen molar-refractivity contribution < 1.29 is 4.79 Å². The molecule has 0 radical (unpaired) electrons. The van der Waals surface area contributed by atoms with Gasteiger partial charge in [-0.15, -0.1) is 5.10 Å². The molecule has 3 aromatic rings. The van der Waals surface area contributed by atoms with Crippen molar-refractivity contribution in [3.05, 3.63) is 49.1 Å². The highest BCUT2D eigenvalue weighted by Crippen LogP contribution is 2.29. The minimum Gasteiger partial charge on any atom is -0.324 e. The summed E-state index contributed by atoms with van der Waals surface area (Å²) < 4.78 is 3.32. The molecule has 9 heteroatoms. The SMILES string of the molecule is O=C(Nc1cccc(-n2cnnn2)c1)C1(n2cccn2)CCNCC1. The fourth-order valence-electron chi connectivity index (χ4n) is 3.18. The number of benzene rings is 1. The van der Waals surface area contributed by atoms with Gasteiger partial charge in [0.25, 0.3) is 5.91 Å². The molecule has 0 atom stereocenters. The zero-order chi connectivity index (χ0) is 17.1. The normalized spacial score (nSPS) is 16.5. The van der Waals surface area contributed by atoms with Gasteiger partial charge in [0.05, 0.1) is 5.69 Å². The Kier molecular flexibility index (Phi) is 3.98. The van der Waals surface area contributed by atoms with Crippen molar-refractivity contribution in [2.24, 2.45) is 0 Å². The third-order valence-electron chi connectivity index (χ3n) is 4.51. The first-order valence-electron chi connectivity index (χ1n) is 8.14. The average Bonchev–Trinajstić information content (AvgIpc) is 3.36. The Labute approximate surface area is 144 Å². The van der Waals surface area contributed by atoms with Crippen molar-refractivity contribution in [2.45, 2.75) is 18.4 Å². The smallest absolute Gasteiger partial charge is 0.252 e. The van der Waals surface area contributed by atoms with Crippen molar-refractivity contribution in [1.29, 1.82) is 0 Å². The Balaban J connectivity index is 1.61. The van der Waals surface area contributed by atoms with Crippen LogP contribution in [0.1, 0.15) is 12.8 Å². The topological polar surface area (TPSA) is 103 Å². The number of hydrogen-bond donors (Lipinski definition) is 2. The number of nitrogens with one attached hydrogen (secondary N) is 2. The maximum Gasteiger partial charge on any atom is 0.252 e. The lowest BCUT2D eigenvalue weighted by Crippen LogP contribution is -2.52. The van der Waals surface area contributed by atoms with Crippen molar-refractivity contribution in [1.82, 2.24) is 35.3 Å². The second kappa shape index (κ2) is 6.44. The highest BCUT2D eigenvalue weighted by molar-refractivity contribution is 5.97. The molecule has 0 saturated carbocycles. The van der Waals surface area contributed by atoms with Gasteiger partial charge in [-0.1, -0.05) is 6.07 Å². The third-order valence-corrected chi connectivity index (χ3v) is 4.51. The maximum absolute atomic E-state index is 13.1. The van der Waals surface area contributed by atoms with Crippen LogP contribution in [-0.2, 0) is 10.3 Å². The summed E-state index contributed by atoms with van der Waals surface area (Å²) in [6.07, 6.45) is 6.44. The molecule has 2 N–H and O–H groups in total. The number of rotatable bonds is 4. The molecular formula is C16H18N8O. The van der Waals surface area contributed by atoms with E-state index in [1.165, 1.54) is 6.33 Å². The highest BCUT2D eigenvalue weighted by Gasteiger charge is 2.42. The maximum atomic E-state index is 13.1. The predicted octanol–water partition coefficient (Wildman–Crippen LogP) is 0.576. The van der Waals surface area contributed by atoms with Crippen LogP contribution in [0.2, 0.25) is 0 Å². The van der Waals surface area contributed by atoms with Crippen molar-refractivity contribution in [3.8, 4) is 5.69 Å². The van der Waals surface area contributed by atoms with E-state index in [2.05, 4.69) is 31.3 Å². The number of hydrogen-bond acceptors (Lipinski definition) is 6. The monoisotopic (exact) mass is 338 g/mol. The summed E-state index contributed by atoms with van der Waals surface area (Å²) >= 11 is 0. The van der Waals surface area contributed by atoms with Gasteiger partial charge in [0.2, 0.25) is 0 Å². The number of carbonyl (C=O) groups is 1. The molecule has 25 heavy (non-hydrogen) atoms.